The second kappa shape index (κ2) is 7.64. The molecule has 1 aliphatic rings. The highest BCUT2D eigenvalue weighted by atomic mass is 19.1. The van der Waals surface area contributed by atoms with Gasteiger partial charge in [-0.25, -0.2) is 4.39 Å². The number of fused-ring (bicyclic) bond motifs is 1. The average Bonchev–Trinajstić information content (AvgIpc) is 2.61. The van der Waals surface area contributed by atoms with Gasteiger partial charge >= 0.3 is 0 Å². The number of rotatable bonds is 5. The van der Waals surface area contributed by atoms with E-state index in [4.69, 9.17) is 9.47 Å². The van der Waals surface area contributed by atoms with Crippen LogP contribution in [0.4, 0.5) is 4.39 Å². The van der Waals surface area contributed by atoms with Crippen molar-refractivity contribution in [3.63, 3.8) is 0 Å². The van der Waals surface area contributed by atoms with Crippen LogP contribution in [-0.4, -0.2) is 25.7 Å². The molecule has 1 N–H and O–H groups in total. The van der Waals surface area contributed by atoms with E-state index in [1.54, 1.807) is 0 Å². The van der Waals surface area contributed by atoms with Crippen LogP contribution in [0.1, 0.15) is 22.3 Å². The maximum absolute atomic E-state index is 12.8. The van der Waals surface area contributed by atoms with Crippen molar-refractivity contribution in [2.24, 2.45) is 0 Å². The van der Waals surface area contributed by atoms with Crippen molar-refractivity contribution < 1.29 is 18.7 Å². The Morgan fingerprint density at radius 3 is 2.62 bits per heavy atom. The van der Waals surface area contributed by atoms with Crippen LogP contribution in [0.15, 0.2) is 48.5 Å². The number of hydrogen-bond donors (Lipinski definition) is 1. The van der Waals surface area contributed by atoms with Crippen molar-refractivity contribution in [1.29, 1.82) is 0 Å². The number of carbonyl (C=O) groups is 1. The SMILES string of the molecule is O=C(NCC/C=C/c1ccc2c(c1)OCCO2)c1ccc(F)cc1. The van der Waals surface area contributed by atoms with E-state index in [-0.39, 0.29) is 11.7 Å². The molecule has 4 nitrogen and oxygen atoms in total. The second-order valence-electron chi connectivity index (χ2n) is 5.36. The van der Waals surface area contributed by atoms with Gasteiger partial charge in [0.25, 0.3) is 5.91 Å². The van der Waals surface area contributed by atoms with Crippen molar-refractivity contribution in [2.75, 3.05) is 19.8 Å². The zero-order valence-electron chi connectivity index (χ0n) is 13.1. The van der Waals surface area contributed by atoms with Crippen LogP contribution in [-0.2, 0) is 0 Å². The van der Waals surface area contributed by atoms with Crippen molar-refractivity contribution in [1.82, 2.24) is 5.32 Å². The number of ether oxygens (including phenoxy) is 2. The van der Waals surface area contributed by atoms with E-state index >= 15 is 0 Å². The quantitative estimate of drug-likeness (QED) is 0.856. The number of nitrogens with one attached hydrogen (secondary N) is 1. The average molecular weight is 327 g/mol. The minimum Gasteiger partial charge on any atom is -0.486 e. The van der Waals surface area contributed by atoms with Crippen molar-refractivity contribution in [3.8, 4) is 11.5 Å². The molecule has 2 aromatic carbocycles. The number of benzene rings is 2. The predicted octanol–water partition coefficient (Wildman–Crippen LogP) is 3.43. The summed E-state index contributed by atoms with van der Waals surface area (Å²) in [6.45, 7) is 1.66. The van der Waals surface area contributed by atoms with Crippen LogP contribution in [0.25, 0.3) is 6.08 Å². The minimum atomic E-state index is -0.353. The van der Waals surface area contributed by atoms with Gasteiger partial charge in [-0.3, -0.25) is 4.79 Å². The first-order chi connectivity index (χ1) is 11.7. The van der Waals surface area contributed by atoms with Gasteiger partial charge in [0.05, 0.1) is 0 Å². The maximum Gasteiger partial charge on any atom is 0.251 e. The summed E-state index contributed by atoms with van der Waals surface area (Å²) in [4.78, 5) is 11.9. The van der Waals surface area contributed by atoms with Gasteiger partial charge in [-0.2, -0.15) is 0 Å². The summed E-state index contributed by atoms with van der Waals surface area (Å²) in [6, 6.07) is 11.3. The number of hydrogen-bond acceptors (Lipinski definition) is 3. The molecule has 0 atom stereocenters. The van der Waals surface area contributed by atoms with Crippen LogP contribution >= 0.6 is 0 Å². The molecule has 24 heavy (non-hydrogen) atoms. The Kier molecular flexibility index (Phi) is 5.11. The molecule has 0 saturated carbocycles. The molecule has 1 amide bonds. The van der Waals surface area contributed by atoms with Gasteiger partial charge in [-0.05, 0) is 48.4 Å². The van der Waals surface area contributed by atoms with E-state index in [9.17, 15) is 9.18 Å². The largest absolute Gasteiger partial charge is 0.486 e. The van der Waals surface area contributed by atoms with E-state index in [0.717, 1.165) is 17.1 Å². The molecule has 3 rings (SSSR count). The Morgan fingerprint density at radius 1 is 1.08 bits per heavy atom. The van der Waals surface area contributed by atoms with Gasteiger partial charge in [-0.15, -0.1) is 0 Å². The molecule has 1 heterocycles. The fraction of sp³-hybridized carbons (Fsp3) is 0.211. The first-order valence-corrected chi connectivity index (χ1v) is 7.82. The Hall–Kier alpha value is -2.82. The van der Waals surface area contributed by atoms with Crippen LogP contribution in [0.3, 0.4) is 0 Å². The van der Waals surface area contributed by atoms with Gasteiger partial charge in [0, 0.05) is 12.1 Å². The molecular weight excluding hydrogens is 309 g/mol. The summed E-state index contributed by atoms with van der Waals surface area (Å²) in [5.74, 6) is 0.967. The molecule has 2 aromatic rings. The fourth-order valence-electron chi connectivity index (χ4n) is 2.36. The molecule has 0 aromatic heterocycles. The topological polar surface area (TPSA) is 47.6 Å². The van der Waals surface area contributed by atoms with Crippen molar-refractivity contribution >= 4 is 12.0 Å². The monoisotopic (exact) mass is 327 g/mol. The van der Waals surface area contributed by atoms with Gasteiger partial charge in [0.15, 0.2) is 11.5 Å². The number of amides is 1. The summed E-state index contributed by atoms with van der Waals surface area (Å²) in [7, 11) is 0. The zero-order valence-corrected chi connectivity index (χ0v) is 13.1. The highest BCUT2D eigenvalue weighted by molar-refractivity contribution is 5.94. The Morgan fingerprint density at radius 2 is 1.83 bits per heavy atom. The normalized spacial score (nSPS) is 13.0. The highest BCUT2D eigenvalue weighted by Crippen LogP contribution is 2.31. The summed E-state index contributed by atoms with van der Waals surface area (Å²) in [5.41, 5.74) is 1.47. The van der Waals surface area contributed by atoms with Crippen molar-refractivity contribution in [3.05, 3.63) is 65.5 Å². The molecule has 0 radical (unpaired) electrons. The van der Waals surface area contributed by atoms with Crippen LogP contribution in [0.2, 0.25) is 0 Å². The minimum absolute atomic E-state index is 0.206. The summed E-state index contributed by atoms with van der Waals surface area (Å²) < 4.78 is 23.8. The first-order valence-electron chi connectivity index (χ1n) is 7.82. The molecule has 0 fully saturated rings. The third kappa shape index (κ3) is 4.13. The fourth-order valence-corrected chi connectivity index (χ4v) is 2.36. The Balaban J connectivity index is 1.47. The predicted molar refractivity (Wildman–Crippen MR) is 89.8 cm³/mol. The van der Waals surface area contributed by atoms with E-state index in [2.05, 4.69) is 5.32 Å². The van der Waals surface area contributed by atoms with E-state index in [1.165, 1.54) is 24.3 Å². The summed E-state index contributed by atoms with van der Waals surface area (Å²) in [6.07, 6.45) is 4.65. The molecule has 5 heteroatoms. The molecular formula is C19H18FNO3. The lowest BCUT2D eigenvalue weighted by molar-refractivity contribution is 0.0954. The number of halogens is 1. The van der Waals surface area contributed by atoms with E-state index < -0.39 is 0 Å². The third-order valence-corrected chi connectivity index (χ3v) is 3.58. The Labute approximate surface area is 139 Å². The van der Waals surface area contributed by atoms with Gasteiger partial charge in [0.1, 0.15) is 19.0 Å². The van der Waals surface area contributed by atoms with Crippen LogP contribution in [0, 0.1) is 5.82 Å². The first kappa shape index (κ1) is 16.1. The van der Waals surface area contributed by atoms with E-state index in [0.29, 0.717) is 31.7 Å². The lowest BCUT2D eigenvalue weighted by Gasteiger charge is -2.18. The standard InChI is InChI=1S/C19H18FNO3/c20-16-7-5-15(6-8-16)19(22)21-10-2-1-3-14-4-9-17-18(13-14)24-12-11-23-17/h1,3-9,13H,2,10-12H2,(H,21,22)/b3-1+. The summed E-state index contributed by atoms with van der Waals surface area (Å²) >= 11 is 0. The van der Waals surface area contributed by atoms with Gasteiger partial charge < -0.3 is 14.8 Å². The smallest absolute Gasteiger partial charge is 0.251 e. The molecule has 0 spiro atoms. The Bertz CT molecular complexity index is 741. The van der Waals surface area contributed by atoms with Crippen LogP contribution < -0.4 is 14.8 Å². The molecule has 0 saturated heterocycles. The highest BCUT2D eigenvalue weighted by Gasteiger charge is 2.10. The second-order valence-corrected chi connectivity index (χ2v) is 5.36. The zero-order chi connectivity index (χ0) is 16.8. The molecule has 0 aliphatic carbocycles. The molecule has 124 valence electrons. The molecule has 0 unspecified atom stereocenters. The third-order valence-electron chi connectivity index (χ3n) is 3.58. The van der Waals surface area contributed by atoms with Crippen molar-refractivity contribution in [2.45, 2.75) is 6.42 Å². The van der Waals surface area contributed by atoms with Gasteiger partial charge in [-0.1, -0.05) is 18.2 Å². The van der Waals surface area contributed by atoms with E-state index in [1.807, 2.05) is 30.4 Å². The number of carbonyl (C=O) groups excluding carboxylic acids is 1. The molecule has 0 bridgehead atoms. The van der Waals surface area contributed by atoms with Crippen LogP contribution in [0.5, 0.6) is 11.5 Å². The van der Waals surface area contributed by atoms with Gasteiger partial charge in [0.2, 0.25) is 0 Å². The summed E-state index contributed by atoms with van der Waals surface area (Å²) in [5, 5.41) is 2.80. The maximum atomic E-state index is 12.8. The molecule has 1 aliphatic heterocycles. The lowest BCUT2D eigenvalue weighted by Crippen LogP contribution is -2.23. The lowest BCUT2D eigenvalue weighted by atomic mass is 10.1.